The van der Waals surface area contributed by atoms with E-state index in [2.05, 4.69) is 25.5 Å². The minimum atomic E-state index is -0.581. The summed E-state index contributed by atoms with van der Waals surface area (Å²) in [7, 11) is 1.82. The number of thioether (sulfide) groups is 1. The Balaban J connectivity index is 1.39. The Bertz CT molecular complexity index is 1190. The first-order valence-electron chi connectivity index (χ1n) is 8.64. The first kappa shape index (κ1) is 20.1. The van der Waals surface area contributed by atoms with Gasteiger partial charge in [-0.1, -0.05) is 11.8 Å². The summed E-state index contributed by atoms with van der Waals surface area (Å²) < 4.78 is 29.1. The van der Waals surface area contributed by atoms with E-state index in [1.54, 1.807) is 22.3 Å². The molecule has 0 unspecified atom stereocenters. The highest BCUT2D eigenvalue weighted by Crippen LogP contribution is 2.28. The fourth-order valence-electron chi connectivity index (χ4n) is 2.63. The largest absolute Gasteiger partial charge is 0.305 e. The van der Waals surface area contributed by atoms with Gasteiger partial charge < -0.3 is 9.88 Å². The van der Waals surface area contributed by atoms with Gasteiger partial charge in [-0.2, -0.15) is 0 Å². The normalized spacial score (nSPS) is 10.9. The van der Waals surface area contributed by atoms with Crippen LogP contribution in [0.25, 0.3) is 22.6 Å². The van der Waals surface area contributed by atoms with Crippen molar-refractivity contribution in [1.82, 2.24) is 24.7 Å². The van der Waals surface area contributed by atoms with Crippen molar-refractivity contribution in [2.24, 2.45) is 7.05 Å². The lowest BCUT2D eigenvalue weighted by atomic mass is 10.1. The molecule has 1 aromatic carbocycles. The first-order chi connectivity index (χ1) is 14.5. The molecule has 11 heteroatoms. The average molecular weight is 444 g/mol. The number of hydrogen-bond donors (Lipinski definition) is 1. The molecule has 152 valence electrons. The van der Waals surface area contributed by atoms with Crippen LogP contribution in [0.15, 0.2) is 53.3 Å². The third kappa shape index (κ3) is 4.36. The summed E-state index contributed by atoms with van der Waals surface area (Å²) in [6.45, 7) is 0. The molecule has 0 saturated heterocycles. The molecule has 3 aromatic heterocycles. The lowest BCUT2D eigenvalue weighted by molar-refractivity contribution is -0.113. The van der Waals surface area contributed by atoms with E-state index in [-0.39, 0.29) is 22.9 Å². The Morgan fingerprint density at radius 2 is 2.00 bits per heavy atom. The van der Waals surface area contributed by atoms with Gasteiger partial charge in [-0.05, 0) is 30.3 Å². The fourth-order valence-corrected chi connectivity index (χ4v) is 4.06. The molecule has 0 saturated carbocycles. The highest BCUT2D eigenvalue weighted by atomic mass is 32.2. The number of anilines is 1. The molecule has 3 heterocycles. The van der Waals surface area contributed by atoms with Gasteiger partial charge in [-0.3, -0.25) is 9.78 Å². The highest BCUT2D eigenvalue weighted by Gasteiger charge is 2.15. The van der Waals surface area contributed by atoms with Crippen molar-refractivity contribution >= 4 is 34.1 Å². The summed E-state index contributed by atoms with van der Waals surface area (Å²) >= 11 is 2.36. The SMILES string of the molecule is Cn1c(SCC(=O)Nc2nc(-c3cc(F)ccc3F)cs2)nnc1-c1ccncc1. The van der Waals surface area contributed by atoms with Gasteiger partial charge in [0.05, 0.1) is 11.4 Å². The second-order valence-corrected chi connectivity index (χ2v) is 7.90. The zero-order valence-corrected chi connectivity index (χ0v) is 17.2. The molecule has 4 rings (SSSR count). The monoisotopic (exact) mass is 444 g/mol. The molecule has 0 aliphatic heterocycles. The number of pyridine rings is 1. The van der Waals surface area contributed by atoms with Crippen LogP contribution in [-0.4, -0.2) is 36.4 Å². The van der Waals surface area contributed by atoms with E-state index in [1.807, 2.05) is 19.2 Å². The maximum Gasteiger partial charge on any atom is 0.236 e. The zero-order valence-electron chi connectivity index (χ0n) is 15.5. The van der Waals surface area contributed by atoms with Gasteiger partial charge >= 0.3 is 0 Å². The van der Waals surface area contributed by atoms with Crippen LogP contribution in [0, 0.1) is 11.6 Å². The molecular formula is C19H14F2N6OS2. The van der Waals surface area contributed by atoms with Gasteiger partial charge in [0, 0.05) is 35.9 Å². The van der Waals surface area contributed by atoms with Crippen molar-refractivity contribution < 1.29 is 13.6 Å². The predicted molar refractivity (Wildman–Crippen MR) is 111 cm³/mol. The molecule has 0 spiro atoms. The molecule has 1 amide bonds. The minimum Gasteiger partial charge on any atom is -0.305 e. The fraction of sp³-hybridized carbons (Fsp3) is 0.105. The number of rotatable bonds is 6. The Morgan fingerprint density at radius 3 is 2.80 bits per heavy atom. The van der Waals surface area contributed by atoms with Gasteiger partial charge in [-0.15, -0.1) is 21.5 Å². The third-order valence-electron chi connectivity index (χ3n) is 4.06. The van der Waals surface area contributed by atoms with Crippen LogP contribution in [0.1, 0.15) is 0 Å². The Hall–Kier alpha value is -3.18. The van der Waals surface area contributed by atoms with E-state index >= 15 is 0 Å². The number of amides is 1. The molecule has 0 bridgehead atoms. The number of nitrogens with one attached hydrogen (secondary N) is 1. The molecule has 0 fully saturated rings. The summed E-state index contributed by atoms with van der Waals surface area (Å²) in [6, 6.07) is 6.80. The molecule has 0 aliphatic carbocycles. The van der Waals surface area contributed by atoms with Gasteiger partial charge in [0.25, 0.3) is 0 Å². The minimum absolute atomic E-state index is 0.0452. The Labute approximate surface area is 178 Å². The molecule has 4 aromatic rings. The standard InChI is InChI=1S/C19H14F2N6OS2/c1-27-17(11-4-6-22-7-5-11)25-26-19(27)30-10-16(28)24-18-23-15(9-29-18)13-8-12(20)2-3-14(13)21/h2-9H,10H2,1H3,(H,23,24,28). The second-order valence-electron chi connectivity index (χ2n) is 6.10. The molecular weight excluding hydrogens is 430 g/mol. The zero-order chi connectivity index (χ0) is 21.1. The van der Waals surface area contributed by atoms with Crippen molar-refractivity contribution in [3.8, 4) is 22.6 Å². The third-order valence-corrected chi connectivity index (χ3v) is 5.84. The summed E-state index contributed by atoms with van der Waals surface area (Å²) in [5.74, 6) is -0.680. The quantitative estimate of drug-likeness (QED) is 0.453. The summed E-state index contributed by atoms with van der Waals surface area (Å²) in [4.78, 5) is 20.4. The van der Waals surface area contributed by atoms with Crippen LogP contribution >= 0.6 is 23.1 Å². The smallest absolute Gasteiger partial charge is 0.236 e. The van der Waals surface area contributed by atoms with E-state index in [4.69, 9.17) is 0 Å². The van der Waals surface area contributed by atoms with Crippen molar-refractivity contribution in [2.75, 3.05) is 11.1 Å². The average Bonchev–Trinajstić information content (AvgIpc) is 3.35. The van der Waals surface area contributed by atoms with Gasteiger partial charge in [0.1, 0.15) is 11.6 Å². The Morgan fingerprint density at radius 1 is 1.20 bits per heavy atom. The van der Waals surface area contributed by atoms with E-state index in [0.717, 1.165) is 35.1 Å². The molecule has 30 heavy (non-hydrogen) atoms. The van der Waals surface area contributed by atoms with Gasteiger partial charge in [0.2, 0.25) is 5.91 Å². The number of thiazole rings is 1. The topological polar surface area (TPSA) is 85.6 Å². The molecule has 0 aliphatic rings. The number of halogens is 2. The van der Waals surface area contributed by atoms with Crippen molar-refractivity contribution in [2.45, 2.75) is 5.16 Å². The van der Waals surface area contributed by atoms with Crippen LogP contribution in [-0.2, 0) is 11.8 Å². The van der Waals surface area contributed by atoms with Gasteiger partial charge in [0.15, 0.2) is 16.1 Å². The van der Waals surface area contributed by atoms with Crippen LogP contribution in [0.3, 0.4) is 0 Å². The van der Waals surface area contributed by atoms with Crippen molar-refractivity contribution in [3.63, 3.8) is 0 Å². The van der Waals surface area contributed by atoms with E-state index in [0.29, 0.717) is 16.1 Å². The lowest BCUT2D eigenvalue weighted by Crippen LogP contribution is -2.14. The van der Waals surface area contributed by atoms with Crippen LogP contribution in [0.2, 0.25) is 0 Å². The number of carbonyl (C=O) groups is 1. The predicted octanol–water partition coefficient (Wildman–Crippen LogP) is 4.01. The highest BCUT2D eigenvalue weighted by molar-refractivity contribution is 7.99. The number of aromatic nitrogens is 5. The maximum atomic E-state index is 13.9. The second kappa shape index (κ2) is 8.67. The summed E-state index contributed by atoms with van der Waals surface area (Å²) in [5.41, 5.74) is 1.18. The van der Waals surface area contributed by atoms with E-state index in [1.165, 1.54) is 11.8 Å². The lowest BCUT2D eigenvalue weighted by Gasteiger charge is -2.04. The summed E-state index contributed by atoms with van der Waals surface area (Å²) in [6.07, 6.45) is 3.34. The van der Waals surface area contributed by atoms with Crippen LogP contribution in [0.5, 0.6) is 0 Å². The van der Waals surface area contributed by atoms with E-state index in [9.17, 15) is 13.6 Å². The van der Waals surface area contributed by atoms with Crippen LogP contribution in [0.4, 0.5) is 13.9 Å². The number of hydrogen-bond acceptors (Lipinski definition) is 7. The molecule has 1 N–H and O–H groups in total. The molecule has 0 radical (unpaired) electrons. The number of carbonyl (C=O) groups excluding carboxylic acids is 1. The first-order valence-corrected chi connectivity index (χ1v) is 10.5. The van der Waals surface area contributed by atoms with Crippen LogP contribution < -0.4 is 5.32 Å². The van der Waals surface area contributed by atoms with Gasteiger partial charge in [-0.25, -0.2) is 13.8 Å². The van der Waals surface area contributed by atoms with Crippen molar-refractivity contribution in [3.05, 3.63) is 59.7 Å². The molecule has 0 atom stereocenters. The summed E-state index contributed by atoms with van der Waals surface area (Å²) in [5, 5.41) is 13.4. The Kier molecular flexibility index (Phi) is 5.81. The van der Waals surface area contributed by atoms with Crippen molar-refractivity contribution in [1.29, 1.82) is 0 Å². The number of nitrogens with zero attached hydrogens (tertiary/aromatic N) is 5. The molecule has 7 nitrogen and oxygen atoms in total. The number of benzene rings is 1. The maximum absolute atomic E-state index is 13.9. The van der Waals surface area contributed by atoms with E-state index < -0.39 is 11.6 Å².